The van der Waals surface area contributed by atoms with Crippen molar-refractivity contribution in [3.8, 4) is 0 Å². The molecule has 1 aromatic carbocycles. The number of hydrogen-bond acceptors (Lipinski definition) is 9. The smallest absolute Gasteiger partial charge is 0.410 e. The Bertz CT molecular complexity index is 1750. The van der Waals surface area contributed by atoms with E-state index < -0.39 is 12.0 Å². The number of piperazine rings is 1. The van der Waals surface area contributed by atoms with Gasteiger partial charge in [-0.15, -0.1) is 0 Å². The van der Waals surface area contributed by atoms with E-state index >= 15 is 0 Å². The number of fused-ring (bicyclic) bond motifs is 3. The van der Waals surface area contributed by atoms with Gasteiger partial charge in [-0.2, -0.15) is 0 Å². The van der Waals surface area contributed by atoms with E-state index in [0.717, 1.165) is 55.8 Å². The summed E-state index contributed by atoms with van der Waals surface area (Å²) in [6.07, 6.45) is 5.25. The molecule has 0 saturated carbocycles. The number of methoxy groups -OCH3 is 1. The van der Waals surface area contributed by atoms with E-state index in [1.807, 2.05) is 54.7 Å². The van der Waals surface area contributed by atoms with Gasteiger partial charge in [0.05, 0.1) is 24.6 Å². The van der Waals surface area contributed by atoms with Crippen LogP contribution in [0.2, 0.25) is 0 Å². The second-order valence-corrected chi connectivity index (χ2v) is 14.4. The molecular formula is C39H46F2N6O4. The van der Waals surface area contributed by atoms with Crippen molar-refractivity contribution in [3.63, 3.8) is 0 Å². The van der Waals surface area contributed by atoms with E-state index in [4.69, 9.17) is 19.2 Å². The van der Waals surface area contributed by atoms with Crippen molar-refractivity contribution in [1.82, 2.24) is 19.8 Å². The van der Waals surface area contributed by atoms with Crippen molar-refractivity contribution in [2.45, 2.75) is 62.8 Å². The van der Waals surface area contributed by atoms with E-state index in [0.29, 0.717) is 50.8 Å². The van der Waals surface area contributed by atoms with Crippen LogP contribution in [0.4, 0.5) is 25.1 Å². The number of ether oxygens (including phenoxy) is 3. The van der Waals surface area contributed by atoms with Gasteiger partial charge in [0.25, 0.3) is 6.43 Å². The lowest BCUT2D eigenvalue weighted by Crippen LogP contribution is -2.69. The summed E-state index contributed by atoms with van der Waals surface area (Å²) in [6.45, 7) is 8.25. The average Bonchev–Trinajstić information content (AvgIpc) is 3.26. The van der Waals surface area contributed by atoms with Gasteiger partial charge in [-0.25, -0.2) is 18.6 Å². The van der Waals surface area contributed by atoms with Crippen molar-refractivity contribution < 1.29 is 27.8 Å². The van der Waals surface area contributed by atoms with Crippen molar-refractivity contribution >= 4 is 23.7 Å². The highest BCUT2D eigenvalue weighted by Gasteiger charge is 2.46. The topological polar surface area (TPSA) is 83.5 Å². The lowest BCUT2D eigenvalue weighted by atomic mass is 9.80. The number of rotatable bonds is 8. The van der Waals surface area contributed by atoms with Crippen molar-refractivity contribution in [2.24, 2.45) is 0 Å². The lowest BCUT2D eigenvalue weighted by Gasteiger charge is -2.55. The van der Waals surface area contributed by atoms with E-state index in [1.54, 1.807) is 12.0 Å². The Labute approximate surface area is 298 Å². The molecule has 0 N–H and O–H groups in total. The van der Waals surface area contributed by atoms with Crippen LogP contribution in [0.1, 0.15) is 65.2 Å². The van der Waals surface area contributed by atoms with E-state index in [9.17, 15) is 13.6 Å². The third-order valence-electron chi connectivity index (χ3n) is 11.6. The minimum absolute atomic E-state index is 0.148. The van der Waals surface area contributed by atoms with Crippen LogP contribution in [0.15, 0.2) is 54.7 Å². The maximum absolute atomic E-state index is 14.6. The van der Waals surface area contributed by atoms with Gasteiger partial charge in [-0.1, -0.05) is 42.5 Å². The summed E-state index contributed by atoms with van der Waals surface area (Å²) < 4.78 is 46.3. The third kappa shape index (κ3) is 6.35. The average molecular weight is 701 g/mol. The van der Waals surface area contributed by atoms with Crippen LogP contribution in [0.25, 0.3) is 6.08 Å². The molecule has 0 spiro atoms. The van der Waals surface area contributed by atoms with Crippen LogP contribution >= 0.6 is 0 Å². The van der Waals surface area contributed by atoms with Gasteiger partial charge < -0.3 is 28.9 Å². The normalized spacial score (nSPS) is 23.3. The Morgan fingerprint density at radius 1 is 1.04 bits per heavy atom. The molecule has 2 aromatic heterocycles. The first-order valence-electron chi connectivity index (χ1n) is 18.1. The zero-order chi connectivity index (χ0) is 35.1. The van der Waals surface area contributed by atoms with Crippen molar-refractivity contribution in [2.75, 3.05) is 75.9 Å². The van der Waals surface area contributed by atoms with Gasteiger partial charge in [0, 0.05) is 82.8 Å². The summed E-state index contributed by atoms with van der Waals surface area (Å²) in [6, 6.07) is 14.2. The fourth-order valence-corrected chi connectivity index (χ4v) is 8.59. The maximum atomic E-state index is 14.6. The van der Waals surface area contributed by atoms with Crippen LogP contribution < -0.4 is 9.80 Å². The molecule has 270 valence electrons. The highest BCUT2D eigenvalue weighted by molar-refractivity contribution is 5.76. The van der Waals surface area contributed by atoms with Gasteiger partial charge in [-0.3, -0.25) is 9.88 Å². The molecule has 5 aliphatic heterocycles. The molecule has 7 heterocycles. The zero-order valence-corrected chi connectivity index (χ0v) is 29.3. The fourth-order valence-electron chi connectivity index (χ4n) is 8.59. The van der Waals surface area contributed by atoms with Crippen LogP contribution in [0, 0.1) is 6.92 Å². The zero-order valence-electron chi connectivity index (χ0n) is 29.3. The standard InChI is InChI=1S/C39H46F2N6O4/c1-26-11-14-42-36(39(49-2)24-50-25-39)34(26)28-12-15-45(16-13-28)33-21-31-29(35(43-33)37(40)41)9-6-10-30-32(22-47(30)31)44-17-19-46(20-18-44)38(48)51-23-27-7-4-3-5-8-27/h3-9,11,14,21,28,30,32,37H,10,12-13,15-20,22-25H2,1-2H3/t30-,32+/m0/s1. The second-order valence-electron chi connectivity index (χ2n) is 14.4. The number of pyridine rings is 2. The molecule has 0 unspecified atom stereocenters. The number of aromatic nitrogens is 2. The molecule has 0 aliphatic carbocycles. The molecule has 2 atom stereocenters. The molecule has 12 heteroatoms. The quantitative estimate of drug-likeness (QED) is 0.285. The first kappa shape index (κ1) is 34.0. The Morgan fingerprint density at radius 3 is 2.49 bits per heavy atom. The molecule has 4 saturated heterocycles. The summed E-state index contributed by atoms with van der Waals surface area (Å²) in [4.78, 5) is 30.8. The van der Waals surface area contributed by atoms with Gasteiger partial charge in [-0.05, 0) is 54.9 Å². The molecular weight excluding hydrogens is 654 g/mol. The SMILES string of the molecule is COC1(c2nccc(C)c2C2CCN(c3cc4c(c(C(F)F)n3)C=CC[C@H]3[C@H](N5CCN(C(=O)OCc6ccccc6)CC5)CN43)CC2)COC1. The number of alkyl halides is 2. The summed E-state index contributed by atoms with van der Waals surface area (Å²) in [5, 5.41) is 0. The number of hydrogen-bond donors (Lipinski definition) is 0. The maximum Gasteiger partial charge on any atom is 0.410 e. The number of benzene rings is 1. The number of amides is 1. The van der Waals surface area contributed by atoms with Gasteiger partial charge in [0.2, 0.25) is 0 Å². The molecule has 10 nitrogen and oxygen atoms in total. The Hall–Kier alpha value is -4.13. The third-order valence-corrected chi connectivity index (χ3v) is 11.6. The molecule has 51 heavy (non-hydrogen) atoms. The predicted octanol–water partition coefficient (Wildman–Crippen LogP) is 5.91. The van der Waals surface area contributed by atoms with E-state index in [2.05, 4.69) is 32.7 Å². The highest BCUT2D eigenvalue weighted by atomic mass is 19.3. The van der Waals surface area contributed by atoms with Crippen molar-refractivity contribution in [1.29, 1.82) is 0 Å². The largest absolute Gasteiger partial charge is 0.445 e. The highest BCUT2D eigenvalue weighted by Crippen LogP contribution is 2.44. The van der Waals surface area contributed by atoms with Gasteiger partial charge >= 0.3 is 6.09 Å². The Kier molecular flexibility index (Phi) is 9.41. The molecule has 5 aliphatic rings. The van der Waals surface area contributed by atoms with Gasteiger partial charge in [0.15, 0.2) is 5.60 Å². The number of halogens is 2. The van der Waals surface area contributed by atoms with Crippen LogP contribution in [0.3, 0.4) is 0 Å². The lowest BCUT2D eigenvalue weighted by molar-refractivity contribution is -0.205. The Morgan fingerprint density at radius 2 is 1.80 bits per heavy atom. The second kappa shape index (κ2) is 14.1. The summed E-state index contributed by atoms with van der Waals surface area (Å²) in [7, 11) is 1.72. The summed E-state index contributed by atoms with van der Waals surface area (Å²) in [5.74, 6) is 0.897. The van der Waals surface area contributed by atoms with Crippen LogP contribution in [-0.2, 0) is 26.4 Å². The van der Waals surface area contributed by atoms with E-state index in [1.165, 1.54) is 11.1 Å². The molecule has 4 fully saturated rings. The minimum Gasteiger partial charge on any atom is -0.445 e. The molecule has 0 bridgehead atoms. The number of carbonyl (C=O) groups is 1. The monoisotopic (exact) mass is 700 g/mol. The number of anilines is 2. The van der Waals surface area contributed by atoms with E-state index in [-0.39, 0.29) is 36.4 Å². The fraction of sp³-hybridized carbons (Fsp3) is 0.513. The molecule has 0 radical (unpaired) electrons. The Balaban J connectivity index is 0.940. The molecule has 3 aromatic rings. The first-order valence-corrected chi connectivity index (χ1v) is 18.1. The number of nitrogens with zero attached hydrogens (tertiary/aromatic N) is 6. The number of piperidine rings is 1. The minimum atomic E-state index is -2.68. The predicted molar refractivity (Wildman–Crippen MR) is 190 cm³/mol. The van der Waals surface area contributed by atoms with Gasteiger partial charge in [0.1, 0.15) is 18.1 Å². The molecule has 1 amide bonds. The van der Waals surface area contributed by atoms with Crippen LogP contribution in [0.5, 0.6) is 0 Å². The summed E-state index contributed by atoms with van der Waals surface area (Å²) in [5.41, 5.74) is 5.07. The number of aryl methyl sites for hydroxylation is 1. The summed E-state index contributed by atoms with van der Waals surface area (Å²) >= 11 is 0. The molecule has 8 rings (SSSR count). The van der Waals surface area contributed by atoms with Crippen LogP contribution in [-0.4, -0.2) is 104 Å². The van der Waals surface area contributed by atoms with Crippen molar-refractivity contribution in [3.05, 3.63) is 88.4 Å². The number of carbonyl (C=O) groups excluding carboxylic acids is 1. The first-order chi connectivity index (χ1) is 24.8.